The molecule has 0 bridgehead atoms. The van der Waals surface area contributed by atoms with Gasteiger partial charge in [-0.1, -0.05) is 26.8 Å². The van der Waals surface area contributed by atoms with Gasteiger partial charge in [-0.05, 0) is 56.1 Å². The Kier molecular flexibility index (Phi) is 5.85. The van der Waals surface area contributed by atoms with E-state index in [4.69, 9.17) is 4.98 Å². The van der Waals surface area contributed by atoms with Crippen LogP contribution in [0.25, 0.3) is 16.7 Å². The van der Waals surface area contributed by atoms with Crippen LogP contribution < -0.4 is 16.2 Å². The summed E-state index contributed by atoms with van der Waals surface area (Å²) in [5, 5.41) is 17.2. The number of fused-ring (bicyclic) bond motifs is 2. The number of nitrogens with one attached hydrogen (secondary N) is 2. The van der Waals surface area contributed by atoms with E-state index in [1.54, 1.807) is 27.8 Å². The zero-order chi connectivity index (χ0) is 25.6. The van der Waals surface area contributed by atoms with E-state index in [-0.39, 0.29) is 17.0 Å². The smallest absolute Gasteiger partial charge is 0.278 e. The van der Waals surface area contributed by atoms with Gasteiger partial charge in [0, 0.05) is 36.1 Å². The fraction of sp³-hybridized carbons (Fsp3) is 0.370. The summed E-state index contributed by atoms with van der Waals surface area (Å²) in [6.07, 6.45) is 4.21. The topological polar surface area (TPSA) is 113 Å². The average molecular weight is 483 g/mol. The maximum absolute atomic E-state index is 13.4. The zero-order valence-corrected chi connectivity index (χ0v) is 21.3. The maximum atomic E-state index is 13.4. The van der Waals surface area contributed by atoms with Crippen LogP contribution in [0.5, 0.6) is 0 Å². The molecule has 4 aromatic rings. The Balaban J connectivity index is 1.69. The van der Waals surface area contributed by atoms with Crippen molar-refractivity contribution < 1.29 is 0 Å². The molecule has 5 rings (SSSR count). The van der Waals surface area contributed by atoms with Crippen LogP contribution in [0.15, 0.2) is 41.5 Å². The van der Waals surface area contributed by atoms with Gasteiger partial charge in [-0.2, -0.15) is 10.2 Å². The lowest BCUT2D eigenvalue weighted by Crippen LogP contribution is -2.25. The van der Waals surface area contributed by atoms with Gasteiger partial charge >= 0.3 is 0 Å². The SMILES string of the molecule is CC(C)n1c(=O)c2cnc(Nc3ccc4c(c3)CCNC4)nc2n1-c1ccnc(C(C)(C)C)c1C#N. The number of rotatable bonds is 4. The molecule has 0 saturated carbocycles. The van der Waals surface area contributed by atoms with Gasteiger partial charge in [0.05, 0.1) is 16.9 Å². The quantitative estimate of drug-likeness (QED) is 0.450. The summed E-state index contributed by atoms with van der Waals surface area (Å²) in [6, 6.07) is 10.2. The van der Waals surface area contributed by atoms with Gasteiger partial charge in [0.1, 0.15) is 11.5 Å². The van der Waals surface area contributed by atoms with Crippen molar-refractivity contribution in [3.8, 4) is 11.8 Å². The largest absolute Gasteiger partial charge is 0.324 e. The third-order valence-electron chi connectivity index (χ3n) is 6.44. The first-order valence-electron chi connectivity index (χ1n) is 12.2. The van der Waals surface area contributed by atoms with E-state index in [0.717, 1.165) is 25.2 Å². The first kappa shape index (κ1) is 23.7. The highest BCUT2D eigenvalue weighted by atomic mass is 16.1. The van der Waals surface area contributed by atoms with Gasteiger partial charge < -0.3 is 10.6 Å². The zero-order valence-electron chi connectivity index (χ0n) is 21.3. The molecule has 0 spiro atoms. The molecule has 184 valence electrons. The molecule has 1 aliphatic rings. The molecular formula is C27H30N8O. The summed E-state index contributed by atoms with van der Waals surface area (Å²) >= 11 is 0. The molecule has 2 N–H and O–H groups in total. The summed E-state index contributed by atoms with van der Waals surface area (Å²) in [6.45, 7) is 11.7. The Bertz CT molecular complexity index is 1570. The van der Waals surface area contributed by atoms with Crippen LogP contribution in [-0.4, -0.2) is 30.9 Å². The molecule has 0 radical (unpaired) electrons. The Morgan fingerprint density at radius 1 is 1.17 bits per heavy atom. The lowest BCUT2D eigenvalue weighted by Gasteiger charge is -2.22. The Hall–Kier alpha value is -4.03. The molecule has 4 heterocycles. The minimum absolute atomic E-state index is 0.171. The normalized spacial score (nSPS) is 13.6. The molecule has 3 aromatic heterocycles. The number of nitriles is 1. The van der Waals surface area contributed by atoms with Crippen LogP contribution >= 0.6 is 0 Å². The predicted molar refractivity (Wildman–Crippen MR) is 140 cm³/mol. The van der Waals surface area contributed by atoms with E-state index in [9.17, 15) is 10.1 Å². The van der Waals surface area contributed by atoms with E-state index in [1.807, 2.05) is 40.7 Å². The second-order valence-corrected chi connectivity index (χ2v) is 10.4. The number of hydrogen-bond donors (Lipinski definition) is 2. The number of benzene rings is 1. The van der Waals surface area contributed by atoms with Gasteiger partial charge in [0.2, 0.25) is 5.95 Å². The van der Waals surface area contributed by atoms with Crippen LogP contribution in [0.2, 0.25) is 0 Å². The highest BCUT2D eigenvalue weighted by Gasteiger charge is 2.26. The summed E-state index contributed by atoms with van der Waals surface area (Å²) in [5.74, 6) is 0.384. The molecule has 1 aliphatic heterocycles. The summed E-state index contributed by atoms with van der Waals surface area (Å²) in [4.78, 5) is 27.1. The summed E-state index contributed by atoms with van der Waals surface area (Å²) < 4.78 is 3.36. The summed E-state index contributed by atoms with van der Waals surface area (Å²) in [5.41, 5.74) is 5.04. The molecule has 0 atom stereocenters. The molecular weight excluding hydrogens is 452 g/mol. The second kappa shape index (κ2) is 8.88. The second-order valence-electron chi connectivity index (χ2n) is 10.4. The first-order valence-corrected chi connectivity index (χ1v) is 12.2. The van der Waals surface area contributed by atoms with Gasteiger partial charge in [0.15, 0.2) is 5.65 Å². The van der Waals surface area contributed by atoms with Crippen LogP contribution in [0.1, 0.15) is 63.0 Å². The van der Waals surface area contributed by atoms with Crippen LogP contribution in [-0.2, 0) is 18.4 Å². The molecule has 36 heavy (non-hydrogen) atoms. The van der Waals surface area contributed by atoms with Gasteiger partial charge in [-0.15, -0.1) is 0 Å². The van der Waals surface area contributed by atoms with Crippen molar-refractivity contribution in [3.63, 3.8) is 0 Å². The van der Waals surface area contributed by atoms with E-state index in [0.29, 0.717) is 33.9 Å². The molecule has 9 nitrogen and oxygen atoms in total. The highest BCUT2D eigenvalue weighted by Crippen LogP contribution is 2.29. The molecule has 0 fully saturated rings. The lowest BCUT2D eigenvalue weighted by atomic mass is 9.88. The standard InChI is InChI=1S/C27H30N8O/c1-16(2)34-25(36)21-15-31-26(32-19-7-6-18-14-29-10-8-17(18)12-19)33-24(21)35(34)22-9-11-30-23(20(22)13-28)27(3,4)5/h6-7,9,11-12,15-16,29H,8,10,14H2,1-5H3,(H,31,32,33). The lowest BCUT2D eigenvalue weighted by molar-refractivity contribution is 0.474. The van der Waals surface area contributed by atoms with Crippen molar-refractivity contribution in [2.45, 2.75) is 59.0 Å². The third-order valence-corrected chi connectivity index (χ3v) is 6.44. The van der Waals surface area contributed by atoms with Crippen molar-refractivity contribution in [1.82, 2.24) is 29.6 Å². The van der Waals surface area contributed by atoms with E-state index in [2.05, 4.69) is 38.8 Å². The maximum Gasteiger partial charge on any atom is 0.278 e. The molecule has 0 amide bonds. The van der Waals surface area contributed by atoms with Crippen molar-refractivity contribution in [1.29, 1.82) is 5.26 Å². The molecule has 0 saturated heterocycles. The number of hydrogen-bond acceptors (Lipinski definition) is 7. The number of anilines is 2. The number of pyridine rings is 1. The fourth-order valence-corrected chi connectivity index (χ4v) is 4.75. The minimum Gasteiger partial charge on any atom is -0.324 e. The summed E-state index contributed by atoms with van der Waals surface area (Å²) in [7, 11) is 0. The van der Waals surface area contributed by atoms with Crippen LogP contribution in [0.4, 0.5) is 11.6 Å². The Labute approximate surface area is 209 Å². The van der Waals surface area contributed by atoms with E-state index >= 15 is 0 Å². The van der Waals surface area contributed by atoms with Crippen molar-refractivity contribution in [2.75, 3.05) is 11.9 Å². The minimum atomic E-state index is -0.351. The van der Waals surface area contributed by atoms with E-state index < -0.39 is 0 Å². The fourth-order valence-electron chi connectivity index (χ4n) is 4.75. The highest BCUT2D eigenvalue weighted by molar-refractivity contribution is 5.78. The molecule has 1 aromatic carbocycles. The van der Waals surface area contributed by atoms with Crippen molar-refractivity contribution in [2.24, 2.45) is 0 Å². The van der Waals surface area contributed by atoms with E-state index in [1.165, 1.54) is 11.1 Å². The average Bonchev–Trinajstić information content (AvgIpc) is 3.14. The van der Waals surface area contributed by atoms with Gasteiger partial charge in [-0.25, -0.2) is 14.3 Å². The van der Waals surface area contributed by atoms with Crippen molar-refractivity contribution in [3.05, 3.63) is 69.4 Å². The Morgan fingerprint density at radius 2 is 1.97 bits per heavy atom. The first-order chi connectivity index (χ1) is 17.2. The molecule has 0 unspecified atom stereocenters. The van der Waals surface area contributed by atoms with Gasteiger partial charge in [-0.3, -0.25) is 9.78 Å². The third kappa shape index (κ3) is 4.03. The monoisotopic (exact) mass is 482 g/mol. The molecule has 9 heteroatoms. The molecule has 0 aliphatic carbocycles. The van der Waals surface area contributed by atoms with Crippen LogP contribution in [0.3, 0.4) is 0 Å². The predicted octanol–water partition coefficient (Wildman–Crippen LogP) is 4.12. The van der Waals surface area contributed by atoms with Crippen LogP contribution in [0, 0.1) is 11.3 Å². The Morgan fingerprint density at radius 3 is 2.69 bits per heavy atom. The van der Waals surface area contributed by atoms with Crippen molar-refractivity contribution >= 4 is 22.7 Å². The number of nitrogens with zero attached hydrogens (tertiary/aromatic N) is 6. The van der Waals surface area contributed by atoms with Gasteiger partial charge in [0.25, 0.3) is 5.56 Å². The number of aromatic nitrogens is 5.